The molecule has 4 aromatic rings. The Labute approximate surface area is 176 Å². The summed E-state index contributed by atoms with van der Waals surface area (Å²) in [5.41, 5.74) is 12.6. The topological polar surface area (TPSA) is 72.0 Å². The number of benzene rings is 2. The van der Waals surface area contributed by atoms with Gasteiger partial charge in [0, 0.05) is 33.9 Å². The minimum absolute atomic E-state index is 0.454. The first-order valence-electron chi connectivity index (χ1n) is 10.3. The van der Waals surface area contributed by atoms with Crippen LogP contribution in [0.2, 0.25) is 0 Å². The molecule has 3 N–H and O–H groups in total. The predicted octanol–water partition coefficient (Wildman–Crippen LogP) is 4.97. The van der Waals surface area contributed by atoms with Crippen LogP contribution in [0.15, 0.2) is 72.9 Å². The Morgan fingerprint density at radius 1 is 0.933 bits per heavy atom. The molecule has 2 aromatic carbocycles. The molecule has 0 bridgehead atoms. The van der Waals surface area contributed by atoms with Crippen molar-refractivity contribution in [1.82, 2.24) is 9.97 Å². The third kappa shape index (κ3) is 3.18. The summed E-state index contributed by atoms with van der Waals surface area (Å²) in [5.74, 6) is 0. The van der Waals surface area contributed by atoms with E-state index >= 15 is 0 Å². The molecule has 0 spiro atoms. The van der Waals surface area contributed by atoms with E-state index in [1.54, 1.807) is 6.20 Å². The van der Waals surface area contributed by atoms with Crippen molar-refractivity contribution in [3.8, 4) is 22.4 Å². The van der Waals surface area contributed by atoms with Crippen LogP contribution in [0, 0.1) is 6.92 Å². The van der Waals surface area contributed by atoms with E-state index in [4.69, 9.17) is 10.7 Å². The first-order chi connectivity index (χ1) is 14.3. The van der Waals surface area contributed by atoms with E-state index in [-0.39, 0.29) is 0 Å². The number of aromatic nitrogens is 2. The van der Waals surface area contributed by atoms with Crippen LogP contribution >= 0.6 is 0 Å². The number of hydrogen-bond acceptors (Lipinski definition) is 4. The van der Waals surface area contributed by atoms with Gasteiger partial charge in [0.2, 0.25) is 0 Å². The zero-order chi connectivity index (χ0) is 20.9. The monoisotopic (exact) mass is 395 g/mol. The molecule has 0 amide bonds. The Morgan fingerprint density at radius 3 is 2.30 bits per heavy atom. The molecule has 1 saturated carbocycles. The lowest BCUT2D eigenvalue weighted by Gasteiger charge is -2.49. The van der Waals surface area contributed by atoms with Crippen molar-refractivity contribution in [3.63, 3.8) is 0 Å². The highest BCUT2D eigenvalue weighted by molar-refractivity contribution is 5.92. The highest BCUT2D eigenvalue weighted by Gasteiger charge is 2.49. The van der Waals surface area contributed by atoms with E-state index in [2.05, 4.69) is 47.4 Å². The van der Waals surface area contributed by atoms with Gasteiger partial charge in [-0.05, 0) is 49.9 Å². The van der Waals surface area contributed by atoms with Crippen LogP contribution in [0.5, 0.6) is 0 Å². The van der Waals surface area contributed by atoms with Gasteiger partial charge in [0.05, 0.1) is 16.8 Å². The molecule has 4 heteroatoms. The number of aliphatic hydroxyl groups is 1. The molecule has 0 aliphatic heterocycles. The third-order valence-corrected chi connectivity index (χ3v) is 6.15. The minimum atomic E-state index is -0.667. The van der Waals surface area contributed by atoms with Gasteiger partial charge in [-0.3, -0.25) is 4.98 Å². The van der Waals surface area contributed by atoms with Crippen LogP contribution in [0.1, 0.15) is 31.0 Å². The highest BCUT2D eigenvalue weighted by atomic mass is 16.3. The van der Waals surface area contributed by atoms with Gasteiger partial charge in [-0.2, -0.15) is 0 Å². The van der Waals surface area contributed by atoms with E-state index < -0.39 is 11.1 Å². The molecule has 30 heavy (non-hydrogen) atoms. The SMILES string of the molecule is Cc1nccc2nc(-c3ccc([C@]4(N)C[C@@](C)(O)C4)cc3)c(-c3ccccc3)cc12. The van der Waals surface area contributed by atoms with E-state index in [9.17, 15) is 5.11 Å². The number of nitrogens with two attached hydrogens (primary N) is 1. The summed E-state index contributed by atoms with van der Waals surface area (Å²) in [6, 6.07) is 22.8. The second kappa shape index (κ2) is 6.73. The summed E-state index contributed by atoms with van der Waals surface area (Å²) in [6.45, 7) is 3.86. The normalized spacial score (nSPS) is 23.3. The first-order valence-corrected chi connectivity index (χ1v) is 10.3. The lowest BCUT2D eigenvalue weighted by Crippen LogP contribution is -2.58. The highest BCUT2D eigenvalue weighted by Crippen LogP contribution is 2.46. The quantitative estimate of drug-likeness (QED) is 0.514. The van der Waals surface area contributed by atoms with Crippen LogP contribution < -0.4 is 5.73 Å². The number of nitrogens with zero attached hydrogens (tertiary/aromatic N) is 2. The number of fused-ring (bicyclic) bond motifs is 1. The molecule has 5 rings (SSSR count). The Hall–Kier alpha value is -3.08. The van der Waals surface area contributed by atoms with Crippen molar-refractivity contribution >= 4 is 10.9 Å². The summed E-state index contributed by atoms with van der Waals surface area (Å²) < 4.78 is 0. The van der Waals surface area contributed by atoms with Crippen molar-refractivity contribution in [2.45, 2.75) is 37.8 Å². The van der Waals surface area contributed by atoms with Crippen molar-refractivity contribution < 1.29 is 5.11 Å². The summed E-state index contributed by atoms with van der Waals surface area (Å²) in [6.07, 6.45) is 2.96. The molecular weight excluding hydrogens is 370 g/mol. The molecule has 0 radical (unpaired) electrons. The number of pyridine rings is 2. The van der Waals surface area contributed by atoms with E-state index in [1.807, 2.05) is 38.1 Å². The summed E-state index contributed by atoms with van der Waals surface area (Å²) in [4.78, 5) is 9.46. The van der Waals surface area contributed by atoms with Gasteiger partial charge >= 0.3 is 0 Å². The number of aryl methyl sites for hydroxylation is 1. The standard InChI is InChI=1S/C26H25N3O/c1-17-21-14-22(18-6-4-3-5-7-18)24(29-23(21)12-13-28-17)19-8-10-20(11-9-19)26(27)15-25(2,30)16-26/h3-14,30H,15-16,27H2,1-2H3/t25-,26+. The lowest BCUT2D eigenvalue weighted by atomic mass is 9.63. The lowest BCUT2D eigenvalue weighted by molar-refractivity contribution is -0.0738. The Bertz CT molecular complexity index is 1220. The van der Waals surface area contributed by atoms with Crippen LogP contribution in [0.4, 0.5) is 0 Å². The smallest absolute Gasteiger partial charge is 0.0788 e. The Balaban J connectivity index is 1.63. The zero-order valence-corrected chi connectivity index (χ0v) is 17.3. The first kappa shape index (κ1) is 18.9. The second-order valence-electron chi connectivity index (χ2n) is 8.80. The van der Waals surface area contributed by atoms with Gasteiger partial charge in [-0.15, -0.1) is 0 Å². The largest absolute Gasteiger partial charge is 0.390 e. The van der Waals surface area contributed by atoms with Crippen molar-refractivity contribution in [2.24, 2.45) is 5.73 Å². The van der Waals surface area contributed by atoms with Gasteiger partial charge in [0.25, 0.3) is 0 Å². The molecule has 1 aliphatic rings. The fourth-order valence-electron chi connectivity index (χ4n) is 4.76. The summed E-state index contributed by atoms with van der Waals surface area (Å²) in [7, 11) is 0. The van der Waals surface area contributed by atoms with Crippen molar-refractivity contribution in [3.05, 3.63) is 84.2 Å². The molecule has 0 atom stereocenters. The van der Waals surface area contributed by atoms with E-state index in [0.29, 0.717) is 12.8 Å². The minimum Gasteiger partial charge on any atom is -0.390 e. The van der Waals surface area contributed by atoms with E-state index in [0.717, 1.165) is 44.5 Å². The molecule has 150 valence electrons. The van der Waals surface area contributed by atoms with Gasteiger partial charge in [0.1, 0.15) is 0 Å². The predicted molar refractivity (Wildman–Crippen MR) is 121 cm³/mol. The van der Waals surface area contributed by atoms with Crippen LogP contribution in [0.25, 0.3) is 33.3 Å². The van der Waals surface area contributed by atoms with Crippen molar-refractivity contribution in [2.75, 3.05) is 0 Å². The van der Waals surface area contributed by atoms with E-state index in [1.165, 1.54) is 0 Å². The summed E-state index contributed by atoms with van der Waals surface area (Å²) in [5, 5.41) is 11.2. The van der Waals surface area contributed by atoms with Crippen LogP contribution in [-0.4, -0.2) is 20.7 Å². The molecule has 2 aromatic heterocycles. The maximum Gasteiger partial charge on any atom is 0.0788 e. The van der Waals surface area contributed by atoms with Gasteiger partial charge in [0.15, 0.2) is 0 Å². The zero-order valence-electron chi connectivity index (χ0n) is 17.3. The molecule has 1 fully saturated rings. The average molecular weight is 396 g/mol. The molecule has 4 nitrogen and oxygen atoms in total. The third-order valence-electron chi connectivity index (χ3n) is 6.15. The molecular formula is C26H25N3O. The summed E-state index contributed by atoms with van der Waals surface area (Å²) >= 11 is 0. The van der Waals surface area contributed by atoms with Gasteiger partial charge < -0.3 is 10.8 Å². The number of rotatable bonds is 3. The van der Waals surface area contributed by atoms with Crippen LogP contribution in [0.3, 0.4) is 0 Å². The Morgan fingerprint density at radius 2 is 1.63 bits per heavy atom. The van der Waals surface area contributed by atoms with Gasteiger partial charge in [-0.25, -0.2) is 4.98 Å². The molecule has 0 unspecified atom stereocenters. The maximum atomic E-state index is 10.1. The molecule has 0 saturated heterocycles. The van der Waals surface area contributed by atoms with Gasteiger partial charge in [-0.1, -0.05) is 54.6 Å². The fourth-order valence-corrected chi connectivity index (χ4v) is 4.76. The van der Waals surface area contributed by atoms with Crippen LogP contribution in [-0.2, 0) is 5.54 Å². The maximum absolute atomic E-state index is 10.1. The Kier molecular flexibility index (Phi) is 4.24. The molecule has 1 aliphatic carbocycles. The van der Waals surface area contributed by atoms with Crippen molar-refractivity contribution in [1.29, 1.82) is 0 Å². The second-order valence-corrected chi connectivity index (χ2v) is 8.80. The average Bonchev–Trinajstić information content (AvgIpc) is 2.72. The number of hydrogen-bond donors (Lipinski definition) is 2. The fraction of sp³-hybridized carbons (Fsp3) is 0.231. The molecule has 2 heterocycles.